The highest BCUT2D eigenvalue weighted by Gasteiger charge is 2.12. The molecule has 3 nitrogen and oxygen atoms in total. The molecule has 98 valence electrons. The van der Waals surface area contributed by atoms with Crippen LogP contribution >= 0.6 is 0 Å². The summed E-state index contributed by atoms with van der Waals surface area (Å²) in [6, 6.07) is 8.81. The Bertz CT molecular complexity index is 605. The highest BCUT2D eigenvalue weighted by atomic mass is 15.0. The second kappa shape index (κ2) is 5.10. The van der Waals surface area contributed by atoms with Gasteiger partial charge in [-0.3, -0.25) is 0 Å². The maximum atomic E-state index is 4.65. The van der Waals surface area contributed by atoms with Gasteiger partial charge in [-0.25, -0.2) is 9.97 Å². The van der Waals surface area contributed by atoms with Crippen LogP contribution in [-0.4, -0.2) is 17.0 Å². The van der Waals surface area contributed by atoms with Gasteiger partial charge in [0, 0.05) is 11.3 Å². The monoisotopic (exact) mass is 253 g/mol. The van der Waals surface area contributed by atoms with Crippen LogP contribution in [0.1, 0.15) is 29.1 Å². The summed E-state index contributed by atoms with van der Waals surface area (Å²) in [5, 5.41) is 3.11. The van der Waals surface area contributed by atoms with Crippen LogP contribution in [0.4, 0.5) is 0 Å². The fraction of sp³-hybridized carbons (Fsp3) is 0.375. The summed E-state index contributed by atoms with van der Waals surface area (Å²) in [4.78, 5) is 9.09. The van der Waals surface area contributed by atoms with Gasteiger partial charge in [0.1, 0.15) is 5.82 Å². The van der Waals surface area contributed by atoms with E-state index in [-0.39, 0.29) is 0 Å². The predicted octanol–water partition coefficient (Wildman–Crippen LogP) is 2.66. The van der Waals surface area contributed by atoms with Crippen molar-refractivity contribution in [3.63, 3.8) is 0 Å². The lowest BCUT2D eigenvalue weighted by atomic mass is 10.0. The third kappa shape index (κ3) is 2.51. The number of nitrogens with one attached hydrogen (secondary N) is 1. The smallest absolute Gasteiger partial charge is 0.143 e. The van der Waals surface area contributed by atoms with Gasteiger partial charge in [0.15, 0.2) is 0 Å². The maximum absolute atomic E-state index is 4.65. The Morgan fingerprint density at radius 3 is 2.79 bits per heavy atom. The first kappa shape index (κ1) is 12.3. The van der Waals surface area contributed by atoms with E-state index in [1.165, 1.54) is 36.0 Å². The first-order chi connectivity index (χ1) is 9.26. The lowest BCUT2D eigenvalue weighted by Crippen LogP contribution is -2.10. The summed E-state index contributed by atoms with van der Waals surface area (Å²) < 4.78 is 0. The highest BCUT2D eigenvalue weighted by molar-refractivity contribution is 5.62. The number of hydrogen-bond acceptors (Lipinski definition) is 3. The molecule has 0 fully saturated rings. The molecule has 0 amide bonds. The summed E-state index contributed by atoms with van der Waals surface area (Å²) in [6.45, 7) is 2.73. The molecular formula is C16H19N3. The second-order valence-corrected chi connectivity index (χ2v) is 5.18. The normalized spacial score (nSPS) is 13.6. The molecule has 3 heteroatoms. The van der Waals surface area contributed by atoms with E-state index >= 15 is 0 Å². The van der Waals surface area contributed by atoms with Gasteiger partial charge in [-0.15, -0.1) is 0 Å². The van der Waals surface area contributed by atoms with Crippen molar-refractivity contribution in [2.45, 2.75) is 32.7 Å². The Kier molecular flexibility index (Phi) is 3.30. The third-order valence-corrected chi connectivity index (χ3v) is 3.63. The van der Waals surface area contributed by atoms with Crippen molar-refractivity contribution in [2.24, 2.45) is 0 Å². The Morgan fingerprint density at radius 1 is 1.11 bits per heavy atom. The SMILES string of the molecule is CNCc1nc(C)cc(-c2ccc3c(c2)CCC3)n1. The molecule has 0 atom stereocenters. The van der Waals surface area contributed by atoms with Gasteiger partial charge >= 0.3 is 0 Å². The minimum atomic E-state index is 0.708. The Hall–Kier alpha value is -1.74. The average molecular weight is 253 g/mol. The molecule has 0 spiro atoms. The van der Waals surface area contributed by atoms with Crippen molar-refractivity contribution in [1.82, 2.24) is 15.3 Å². The Labute approximate surface area is 114 Å². The predicted molar refractivity (Wildman–Crippen MR) is 77.0 cm³/mol. The molecule has 1 aliphatic carbocycles. The molecule has 0 radical (unpaired) electrons. The fourth-order valence-electron chi connectivity index (χ4n) is 2.75. The summed E-state index contributed by atoms with van der Waals surface area (Å²) in [7, 11) is 1.92. The molecular weight excluding hydrogens is 234 g/mol. The van der Waals surface area contributed by atoms with Crippen LogP contribution in [0.25, 0.3) is 11.3 Å². The number of hydrogen-bond donors (Lipinski definition) is 1. The quantitative estimate of drug-likeness (QED) is 0.914. The van der Waals surface area contributed by atoms with Crippen LogP contribution in [0.2, 0.25) is 0 Å². The molecule has 2 aromatic rings. The first-order valence-corrected chi connectivity index (χ1v) is 6.87. The van der Waals surface area contributed by atoms with Crippen LogP contribution in [0, 0.1) is 6.92 Å². The largest absolute Gasteiger partial charge is 0.313 e. The molecule has 19 heavy (non-hydrogen) atoms. The lowest BCUT2D eigenvalue weighted by Gasteiger charge is -2.08. The van der Waals surface area contributed by atoms with Gasteiger partial charge < -0.3 is 5.32 Å². The number of rotatable bonds is 3. The number of benzene rings is 1. The van der Waals surface area contributed by atoms with Gasteiger partial charge in [0.05, 0.1) is 12.2 Å². The standard InChI is InChI=1S/C16H19N3/c1-11-8-15(19-16(18-11)10-17-2)14-7-6-12-4-3-5-13(12)9-14/h6-9,17H,3-5,10H2,1-2H3. The van der Waals surface area contributed by atoms with Crippen LogP contribution in [0.5, 0.6) is 0 Å². The zero-order chi connectivity index (χ0) is 13.2. The van der Waals surface area contributed by atoms with Gasteiger partial charge in [-0.05, 0) is 56.5 Å². The zero-order valence-electron chi connectivity index (χ0n) is 11.5. The topological polar surface area (TPSA) is 37.8 Å². The molecule has 1 heterocycles. The fourth-order valence-corrected chi connectivity index (χ4v) is 2.75. The van der Waals surface area contributed by atoms with Crippen molar-refractivity contribution in [3.05, 3.63) is 46.9 Å². The molecule has 1 aliphatic rings. The second-order valence-electron chi connectivity index (χ2n) is 5.18. The van der Waals surface area contributed by atoms with Gasteiger partial charge in [0.25, 0.3) is 0 Å². The number of nitrogens with zero attached hydrogens (tertiary/aromatic N) is 2. The van der Waals surface area contributed by atoms with E-state index < -0.39 is 0 Å². The summed E-state index contributed by atoms with van der Waals surface area (Å²) in [5.41, 5.74) is 6.26. The van der Waals surface area contributed by atoms with Gasteiger partial charge in [-0.1, -0.05) is 12.1 Å². The zero-order valence-corrected chi connectivity index (χ0v) is 11.5. The minimum Gasteiger partial charge on any atom is -0.313 e. The average Bonchev–Trinajstić information content (AvgIpc) is 2.85. The van der Waals surface area contributed by atoms with Crippen LogP contribution in [-0.2, 0) is 19.4 Å². The molecule has 1 aromatic carbocycles. The summed E-state index contributed by atoms with van der Waals surface area (Å²) in [5.74, 6) is 0.859. The Balaban J connectivity index is 2.01. The first-order valence-electron chi connectivity index (χ1n) is 6.87. The highest BCUT2D eigenvalue weighted by Crippen LogP contribution is 2.27. The number of fused-ring (bicyclic) bond motifs is 1. The third-order valence-electron chi connectivity index (χ3n) is 3.63. The molecule has 1 aromatic heterocycles. The van der Waals surface area contributed by atoms with Gasteiger partial charge in [0.2, 0.25) is 0 Å². The van der Waals surface area contributed by atoms with E-state index in [1.54, 1.807) is 0 Å². The van der Waals surface area contributed by atoms with Crippen molar-refractivity contribution < 1.29 is 0 Å². The number of aryl methyl sites for hydroxylation is 3. The van der Waals surface area contributed by atoms with E-state index in [1.807, 2.05) is 14.0 Å². The van der Waals surface area contributed by atoms with E-state index in [9.17, 15) is 0 Å². The minimum absolute atomic E-state index is 0.708. The van der Waals surface area contributed by atoms with Crippen molar-refractivity contribution >= 4 is 0 Å². The van der Waals surface area contributed by atoms with E-state index in [2.05, 4.69) is 39.6 Å². The van der Waals surface area contributed by atoms with Crippen LogP contribution in [0.3, 0.4) is 0 Å². The Morgan fingerprint density at radius 2 is 1.95 bits per heavy atom. The van der Waals surface area contributed by atoms with Crippen molar-refractivity contribution in [3.8, 4) is 11.3 Å². The van der Waals surface area contributed by atoms with E-state index in [0.29, 0.717) is 6.54 Å². The van der Waals surface area contributed by atoms with E-state index in [4.69, 9.17) is 0 Å². The van der Waals surface area contributed by atoms with Crippen LogP contribution < -0.4 is 5.32 Å². The number of aromatic nitrogens is 2. The van der Waals surface area contributed by atoms with Crippen molar-refractivity contribution in [1.29, 1.82) is 0 Å². The summed E-state index contributed by atoms with van der Waals surface area (Å²) in [6.07, 6.45) is 3.71. The molecule has 0 unspecified atom stereocenters. The maximum Gasteiger partial charge on any atom is 0.143 e. The van der Waals surface area contributed by atoms with Crippen LogP contribution in [0.15, 0.2) is 24.3 Å². The molecule has 0 aliphatic heterocycles. The molecule has 0 saturated carbocycles. The van der Waals surface area contributed by atoms with Gasteiger partial charge in [-0.2, -0.15) is 0 Å². The molecule has 3 rings (SSSR count). The van der Waals surface area contributed by atoms with Crippen molar-refractivity contribution in [2.75, 3.05) is 7.05 Å². The molecule has 1 N–H and O–H groups in total. The molecule has 0 bridgehead atoms. The lowest BCUT2D eigenvalue weighted by molar-refractivity contribution is 0.754. The van der Waals surface area contributed by atoms with E-state index in [0.717, 1.165) is 17.2 Å². The summed E-state index contributed by atoms with van der Waals surface area (Å²) >= 11 is 0. The molecule has 0 saturated heterocycles.